The lowest BCUT2D eigenvalue weighted by Gasteiger charge is -2.09. The summed E-state index contributed by atoms with van der Waals surface area (Å²) < 4.78 is 27.9. The highest BCUT2D eigenvalue weighted by Gasteiger charge is 2.23. The molecular weight excluding hydrogens is 448 g/mol. The number of aromatic carboxylic acids is 1. The number of halogens is 2. The molecule has 0 aliphatic carbocycles. The van der Waals surface area contributed by atoms with Gasteiger partial charge in [0.05, 0.1) is 15.2 Å². The van der Waals surface area contributed by atoms with Crippen LogP contribution < -0.4 is 4.72 Å². The van der Waals surface area contributed by atoms with Crippen LogP contribution in [0.3, 0.4) is 0 Å². The van der Waals surface area contributed by atoms with Gasteiger partial charge in [-0.25, -0.2) is 18.2 Å². The molecule has 0 saturated carbocycles. The van der Waals surface area contributed by atoms with E-state index in [2.05, 4.69) is 41.6 Å². The predicted molar refractivity (Wildman–Crippen MR) is 86.5 cm³/mol. The van der Waals surface area contributed by atoms with Gasteiger partial charge in [-0.3, -0.25) is 4.72 Å². The highest BCUT2D eigenvalue weighted by atomic mass is 79.9. The minimum atomic E-state index is -3.90. The van der Waals surface area contributed by atoms with E-state index in [4.69, 9.17) is 5.11 Å². The molecule has 2 heterocycles. The summed E-state index contributed by atoms with van der Waals surface area (Å²) in [6.07, 6.45) is 0. The Bertz CT molecular complexity index is 818. The van der Waals surface area contributed by atoms with Crippen LogP contribution in [0.4, 0.5) is 5.69 Å². The minimum Gasteiger partial charge on any atom is -0.477 e. The van der Waals surface area contributed by atoms with Crippen LogP contribution in [-0.4, -0.2) is 24.5 Å². The summed E-state index contributed by atoms with van der Waals surface area (Å²) >= 11 is 7.11. The van der Waals surface area contributed by atoms with E-state index in [1.54, 1.807) is 19.1 Å². The number of nitrogens with zero attached hydrogens (tertiary/aromatic N) is 1. The molecule has 6 nitrogen and oxygen atoms in total. The lowest BCUT2D eigenvalue weighted by atomic mass is 10.3. The summed E-state index contributed by atoms with van der Waals surface area (Å²) in [5.74, 6) is -1.18. The SMILES string of the molecule is Cc1nc(Br)ccc1NS(=O)(=O)c1cc(C(=O)O)sc1Br. The number of hydrogen-bond acceptors (Lipinski definition) is 5. The van der Waals surface area contributed by atoms with Crippen molar-refractivity contribution in [3.63, 3.8) is 0 Å². The average Bonchev–Trinajstić information content (AvgIpc) is 2.76. The summed E-state index contributed by atoms with van der Waals surface area (Å²) in [5.41, 5.74) is 0.825. The molecule has 0 fully saturated rings. The average molecular weight is 456 g/mol. The van der Waals surface area contributed by atoms with Crippen molar-refractivity contribution in [3.05, 3.63) is 37.2 Å². The lowest BCUT2D eigenvalue weighted by Crippen LogP contribution is -2.14. The molecule has 0 aliphatic heterocycles. The van der Waals surface area contributed by atoms with Gasteiger partial charge in [-0.2, -0.15) is 0 Å². The smallest absolute Gasteiger partial charge is 0.345 e. The van der Waals surface area contributed by atoms with Crippen LogP contribution in [0.5, 0.6) is 0 Å². The van der Waals surface area contributed by atoms with Gasteiger partial charge in [-0.05, 0) is 57.0 Å². The third kappa shape index (κ3) is 3.62. The molecule has 0 aromatic carbocycles. The number of sulfonamides is 1. The molecule has 0 radical (unpaired) electrons. The zero-order chi connectivity index (χ0) is 15.8. The fourth-order valence-electron chi connectivity index (χ4n) is 1.48. The Hall–Kier alpha value is -0.970. The van der Waals surface area contributed by atoms with Gasteiger partial charge >= 0.3 is 5.97 Å². The first-order valence-corrected chi connectivity index (χ1v) is 9.28. The number of aromatic nitrogens is 1. The number of carbonyl (C=O) groups is 1. The first kappa shape index (κ1) is 16.4. The van der Waals surface area contributed by atoms with Crippen LogP contribution in [0, 0.1) is 6.92 Å². The topological polar surface area (TPSA) is 96.4 Å². The Morgan fingerprint density at radius 2 is 2.05 bits per heavy atom. The molecule has 21 heavy (non-hydrogen) atoms. The second-order valence-corrected chi connectivity index (χ2v) is 8.76. The van der Waals surface area contributed by atoms with Crippen molar-refractivity contribution in [1.29, 1.82) is 0 Å². The van der Waals surface area contributed by atoms with Gasteiger partial charge < -0.3 is 5.11 Å². The maximum Gasteiger partial charge on any atom is 0.345 e. The number of thiophene rings is 1. The molecular formula is C11H8Br2N2O4S2. The monoisotopic (exact) mass is 454 g/mol. The zero-order valence-electron chi connectivity index (χ0n) is 10.4. The van der Waals surface area contributed by atoms with Crippen molar-refractivity contribution < 1.29 is 18.3 Å². The van der Waals surface area contributed by atoms with Crippen LogP contribution >= 0.6 is 43.2 Å². The van der Waals surface area contributed by atoms with Crippen molar-refractivity contribution in [2.75, 3.05) is 4.72 Å². The van der Waals surface area contributed by atoms with Gasteiger partial charge in [0.2, 0.25) is 0 Å². The summed E-state index contributed by atoms with van der Waals surface area (Å²) in [6.45, 7) is 1.66. The van der Waals surface area contributed by atoms with Gasteiger partial charge in [0.15, 0.2) is 0 Å². The first-order valence-electron chi connectivity index (χ1n) is 5.39. The lowest BCUT2D eigenvalue weighted by molar-refractivity contribution is 0.0702. The first-order chi connectivity index (χ1) is 9.70. The normalized spacial score (nSPS) is 11.4. The van der Waals surface area contributed by atoms with Gasteiger partial charge in [0, 0.05) is 0 Å². The van der Waals surface area contributed by atoms with Crippen LogP contribution in [0.1, 0.15) is 15.4 Å². The molecule has 112 valence electrons. The number of carboxylic acid groups (broad SMARTS) is 1. The maximum atomic E-state index is 12.3. The minimum absolute atomic E-state index is 0.0621. The molecule has 0 unspecified atom stereocenters. The van der Waals surface area contributed by atoms with Crippen LogP contribution in [0.15, 0.2) is 31.5 Å². The van der Waals surface area contributed by atoms with Crippen molar-refractivity contribution >= 4 is 64.9 Å². The molecule has 0 amide bonds. The second kappa shape index (κ2) is 6.03. The molecule has 2 rings (SSSR count). The van der Waals surface area contributed by atoms with Crippen molar-refractivity contribution in [2.24, 2.45) is 0 Å². The number of pyridine rings is 1. The number of anilines is 1. The van der Waals surface area contributed by atoms with Gasteiger partial charge in [-0.1, -0.05) is 0 Å². The fraction of sp³-hybridized carbons (Fsp3) is 0.0909. The van der Waals surface area contributed by atoms with Gasteiger partial charge in [0.1, 0.15) is 14.4 Å². The summed E-state index contributed by atoms with van der Waals surface area (Å²) in [5, 5.41) is 8.91. The van der Waals surface area contributed by atoms with E-state index in [1.807, 2.05) is 0 Å². The number of nitrogens with one attached hydrogen (secondary N) is 1. The van der Waals surface area contributed by atoms with E-state index in [-0.39, 0.29) is 13.6 Å². The summed E-state index contributed by atoms with van der Waals surface area (Å²) in [4.78, 5) is 14.8. The standard InChI is InChI=1S/C11H8Br2N2O4S2/c1-5-6(2-3-9(12)14-5)15-21(18,19)8-4-7(11(16)17)20-10(8)13/h2-4,15H,1H3,(H,16,17). The highest BCUT2D eigenvalue weighted by molar-refractivity contribution is 9.11. The van der Waals surface area contributed by atoms with Crippen molar-refractivity contribution in [3.8, 4) is 0 Å². The second-order valence-electron chi connectivity index (χ2n) is 3.93. The molecule has 0 saturated heterocycles. The number of carboxylic acids is 1. The highest BCUT2D eigenvalue weighted by Crippen LogP contribution is 2.33. The van der Waals surface area contributed by atoms with Gasteiger partial charge in [-0.15, -0.1) is 11.3 Å². The zero-order valence-corrected chi connectivity index (χ0v) is 15.2. The van der Waals surface area contributed by atoms with Crippen molar-refractivity contribution in [1.82, 2.24) is 4.98 Å². The molecule has 2 N–H and O–H groups in total. The quantitative estimate of drug-likeness (QED) is 0.688. The Balaban J connectivity index is 2.41. The predicted octanol–water partition coefficient (Wildman–Crippen LogP) is 3.48. The molecule has 2 aromatic heterocycles. The number of hydrogen-bond donors (Lipinski definition) is 2. The number of rotatable bonds is 4. The van der Waals surface area contributed by atoms with E-state index in [0.717, 1.165) is 17.4 Å². The van der Waals surface area contributed by atoms with Gasteiger partial charge in [0.25, 0.3) is 10.0 Å². The molecule has 0 atom stereocenters. The fourth-order valence-corrected chi connectivity index (χ4v) is 5.40. The molecule has 0 bridgehead atoms. The van der Waals surface area contributed by atoms with Crippen LogP contribution in [-0.2, 0) is 10.0 Å². The molecule has 0 aliphatic rings. The molecule has 10 heteroatoms. The van der Waals surface area contributed by atoms with E-state index >= 15 is 0 Å². The summed E-state index contributed by atoms with van der Waals surface area (Å²) in [6, 6.07) is 4.29. The largest absolute Gasteiger partial charge is 0.477 e. The summed E-state index contributed by atoms with van der Waals surface area (Å²) in [7, 11) is -3.90. The maximum absolute atomic E-state index is 12.3. The molecule has 0 spiro atoms. The Kier molecular flexibility index (Phi) is 4.71. The van der Waals surface area contributed by atoms with Crippen LogP contribution in [0.25, 0.3) is 0 Å². The third-order valence-corrected chi connectivity index (χ3v) is 6.50. The van der Waals surface area contributed by atoms with E-state index in [1.165, 1.54) is 0 Å². The number of aryl methyl sites for hydroxylation is 1. The van der Waals surface area contributed by atoms with Crippen molar-refractivity contribution in [2.45, 2.75) is 11.8 Å². The Morgan fingerprint density at radius 1 is 1.38 bits per heavy atom. The van der Waals surface area contributed by atoms with Crippen LogP contribution in [0.2, 0.25) is 0 Å². The van der Waals surface area contributed by atoms with E-state index in [0.29, 0.717) is 16.0 Å². The van der Waals surface area contributed by atoms with E-state index in [9.17, 15) is 13.2 Å². The Labute approximate surface area is 141 Å². The Morgan fingerprint density at radius 3 is 2.57 bits per heavy atom. The van der Waals surface area contributed by atoms with E-state index < -0.39 is 16.0 Å². The third-order valence-electron chi connectivity index (χ3n) is 2.45. The molecule has 2 aromatic rings.